The summed E-state index contributed by atoms with van der Waals surface area (Å²) in [7, 11) is 3.18. The van der Waals surface area contributed by atoms with Gasteiger partial charge >= 0.3 is 11.8 Å². The van der Waals surface area contributed by atoms with E-state index in [1.54, 1.807) is 26.3 Å². The second kappa shape index (κ2) is 5.17. The van der Waals surface area contributed by atoms with Gasteiger partial charge in [-0.2, -0.15) is 0 Å². The second-order valence-corrected chi connectivity index (χ2v) is 4.57. The number of nitrogens with zero attached hydrogens (tertiary/aromatic N) is 2. The van der Waals surface area contributed by atoms with Crippen molar-refractivity contribution in [1.82, 2.24) is 9.80 Å². The third-order valence-corrected chi connectivity index (χ3v) is 3.12. The van der Waals surface area contributed by atoms with Crippen LogP contribution >= 0.6 is 0 Å². The Kier molecular flexibility index (Phi) is 3.59. The number of nitrogens with two attached hydrogens (primary N) is 1. The first-order valence-corrected chi connectivity index (χ1v) is 5.99. The summed E-state index contributed by atoms with van der Waals surface area (Å²) in [6.07, 6.45) is 0. The van der Waals surface area contributed by atoms with Gasteiger partial charge in [-0.1, -0.05) is 0 Å². The number of hydrogen-bond acceptors (Lipinski definition) is 4. The number of rotatable bonds is 3. The van der Waals surface area contributed by atoms with Crippen molar-refractivity contribution in [3.63, 3.8) is 0 Å². The Morgan fingerprint density at radius 3 is 2.63 bits per heavy atom. The van der Waals surface area contributed by atoms with Crippen molar-refractivity contribution in [2.45, 2.75) is 6.54 Å². The van der Waals surface area contributed by atoms with Gasteiger partial charge in [0.05, 0.1) is 7.11 Å². The zero-order chi connectivity index (χ0) is 14.0. The van der Waals surface area contributed by atoms with E-state index >= 15 is 0 Å². The highest BCUT2D eigenvalue weighted by Crippen LogP contribution is 2.20. The molecule has 19 heavy (non-hydrogen) atoms. The smallest absolute Gasteiger partial charge is 0.312 e. The first-order valence-electron chi connectivity index (χ1n) is 5.99. The first kappa shape index (κ1) is 13.2. The normalized spacial score (nSPS) is 15.9. The molecule has 1 aliphatic heterocycles. The Labute approximate surface area is 111 Å². The largest absolute Gasteiger partial charge is 0.497 e. The van der Waals surface area contributed by atoms with Crippen molar-refractivity contribution in [3.8, 4) is 5.75 Å². The number of benzene rings is 1. The molecule has 1 saturated heterocycles. The number of hydrogen-bond donors (Lipinski definition) is 1. The molecule has 0 radical (unpaired) electrons. The van der Waals surface area contributed by atoms with Crippen LogP contribution in [0, 0.1) is 0 Å². The molecule has 0 spiro atoms. The molecule has 6 nitrogen and oxygen atoms in total. The maximum Gasteiger partial charge on any atom is 0.312 e. The lowest BCUT2D eigenvalue weighted by Gasteiger charge is -2.31. The fraction of sp³-hybridized carbons (Fsp3) is 0.385. The maximum atomic E-state index is 11.9. The van der Waals surface area contributed by atoms with Crippen LogP contribution in [0.2, 0.25) is 0 Å². The molecule has 2 rings (SSSR count). The molecule has 0 aromatic heterocycles. The summed E-state index contributed by atoms with van der Waals surface area (Å²) in [5, 5.41) is 0. The van der Waals surface area contributed by atoms with Gasteiger partial charge in [0.15, 0.2) is 0 Å². The van der Waals surface area contributed by atoms with Gasteiger partial charge in [0.25, 0.3) is 0 Å². The summed E-state index contributed by atoms with van der Waals surface area (Å²) in [5.74, 6) is -0.305. The Hall–Kier alpha value is -2.24. The SMILES string of the molecule is COc1cc(N)cc(CN2CCN(C)C(=O)C2=O)c1. The monoisotopic (exact) mass is 263 g/mol. The third-order valence-electron chi connectivity index (χ3n) is 3.12. The summed E-state index contributed by atoms with van der Waals surface area (Å²) in [6.45, 7) is 1.43. The molecule has 6 heteroatoms. The van der Waals surface area contributed by atoms with Crippen molar-refractivity contribution < 1.29 is 14.3 Å². The van der Waals surface area contributed by atoms with Crippen LogP contribution in [0.25, 0.3) is 0 Å². The fourth-order valence-electron chi connectivity index (χ4n) is 2.04. The van der Waals surface area contributed by atoms with E-state index in [1.165, 1.54) is 9.80 Å². The van der Waals surface area contributed by atoms with Gasteiger partial charge < -0.3 is 20.3 Å². The molecule has 2 amide bonds. The zero-order valence-corrected chi connectivity index (χ0v) is 11.0. The quantitative estimate of drug-likeness (QED) is 0.619. The van der Waals surface area contributed by atoms with Crippen LogP contribution in [-0.4, -0.2) is 48.9 Å². The van der Waals surface area contributed by atoms with Crippen molar-refractivity contribution in [1.29, 1.82) is 0 Å². The van der Waals surface area contributed by atoms with Gasteiger partial charge in [0, 0.05) is 38.4 Å². The minimum Gasteiger partial charge on any atom is -0.497 e. The number of piperazine rings is 1. The number of ether oxygens (including phenoxy) is 1. The molecular formula is C13H17N3O3. The molecule has 1 aromatic rings. The van der Waals surface area contributed by atoms with Crippen LogP contribution in [0.5, 0.6) is 5.75 Å². The lowest BCUT2D eigenvalue weighted by atomic mass is 10.1. The van der Waals surface area contributed by atoms with Crippen molar-refractivity contribution in [2.75, 3.05) is 33.0 Å². The van der Waals surface area contributed by atoms with Gasteiger partial charge in [0.2, 0.25) is 0 Å². The summed E-state index contributed by atoms with van der Waals surface area (Å²) < 4.78 is 5.13. The highest BCUT2D eigenvalue weighted by atomic mass is 16.5. The van der Waals surface area contributed by atoms with E-state index in [0.29, 0.717) is 31.1 Å². The number of carbonyl (C=O) groups excluding carboxylic acids is 2. The van der Waals surface area contributed by atoms with Crippen LogP contribution in [0.1, 0.15) is 5.56 Å². The molecule has 0 atom stereocenters. The summed E-state index contributed by atoms with van der Waals surface area (Å²) in [4.78, 5) is 26.4. The number of carbonyl (C=O) groups is 2. The van der Waals surface area contributed by atoms with Crippen LogP contribution < -0.4 is 10.5 Å². The van der Waals surface area contributed by atoms with Crippen molar-refractivity contribution in [3.05, 3.63) is 23.8 Å². The molecule has 0 unspecified atom stereocenters. The summed E-state index contributed by atoms with van der Waals surface area (Å²) in [5.41, 5.74) is 7.19. The molecule has 1 aliphatic rings. The van der Waals surface area contributed by atoms with E-state index in [4.69, 9.17) is 10.5 Å². The number of nitrogen functional groups attached to an aromatic ring is 1. The van der Waals surface area contributed by atoms with Crippen LogP contribution in [0.15, 0.2) is 18.2 Å². The van der Waals surface area contributed by atoms with E-state index < -0.39 is 11.8 Å². The Morgan fingerprint density at radius 2 is 1.95 bits per heavy atom. The van der Waals surface area contributed by atoms with E-state index in [2.05, 4.69) is 0 Å². The Bertz CT molecular complexity index is 516. The highest BCUT2D eigenvalue weighted by Gasteiger charge is 2.30. The summed E-state index contributed by atoms with van der Waals surface area (Å²) >= 11 is 0. The van der Waals surface area contributed by atoms with Crippen molar-refractivity contribution >= 4 is 17.5 Å². The van der Waals surface area contributed by atoms with Gasteiger partial charge in [0.1, 0.15) is 5.75 Å². The number of likely N-dealkylation sites (N-methyl/N-ethyl adjacent to an activating group) is 1. The van der Waals surface area contributed by atoms with E-state index in [9.17, 15) is 9.59 Å². The first-order chi connectivity index (χ1) is 9.01. The fourth-order valence-corrected chi connectivity index (χ4v) is 2.04. The van der Waals surface area contributed by atoms with Gasteiger partial charge in [-0.05, 0) is 17.7 Å². The standard InChI is InChI=1S/C13H17N3O3/c1-15-3-4-16(13(18)12(15)17)8-9-5-10(14)7-11(6-9)19-2/h5-7H,3-4,8,14H2,1-2H3. The number of anilines is 1. The predicted molar refractivity (Wildman–Crippen MR) is 70.5 cm³/mol. The topological polar surface area (TPSA) is 75.9 Å². The lowest BCUT2D eigenvalue weighted by Crippen LogP contribution is -2.52. The van der Waals surface area contributed by atoms with Crippen LogP contribution in [0.4, 0.5) is 5.69 Å². The maximum absolute atomic E-state index is 11.9. The predicted octanol–water partition coefficient (Wildman–Crippen LogP) is 0.0780. The molecule has 0 aliphatic carbocycles. The Balaban J connectivity index is 2.15. The molecule has 1 aromatic carbocycles. The van der Waals surface area contributed by atoms with E-state index in [0.717, 1.165) is 5.56 Å². The molecule has 2 N–H and O–H groups in total. The van der Waals surface area contributed by atoms with Crippen LogP contribution in [-0.2, 0) is 16.1 Å². The van der Waals surface area contributed by atoms with Gasteiger partial charge in [-0.25, -0.2) is 0 Å². The highest BCUT2D eigenvalue weighted by molar-refractivity contribution is 6.35. The number of methoxy groups -OCH3 is 1. The van der Waals surface area contributed by atoms with Crippen molar-refractivity contribution in [2.24, 2.45) is 0 Å². The molecule has 1 heterocycles. The third kappa shape index (κ3) is 2.78. The van der Waals surface area contributed by atoms with E-state index in [-0.39, 0.29) is 0 Å². The van der Waals surface area contributed by atoms with Gasteiger partial charge in [-0.3, -0.25) is 9.59 Å². The van der Waals surface area contributed by atoms with E-state index in [1.807, 2.05) is 6.07 Å². The molecular weight excluding hydrogens is 246 g/mol. The molecule has 1 fully saturated rings. The minimum atomic E-state index is -0.477. The zero-order valence-electron chi connectivity index (χ0n) is 11.0. The summed E-state index contributed by atoms with van der Waals surface area (Å²) in [6, 6.07) is 5.30. The average molecular weight is 263 g/mol. The average Bonchev–Trinajstić information content (AvgIpc) is 2.39. The Morgan fingerprint density at radius 1 is 1.21 bits per heavy atom. The molecule has 102 valence electrons. The number of amides is 2. The molecule has 0 bridgehead atoms. The minimum absolute atomic E-state index is 0.361. The second-order valence-electron chi connectivity index (χ2n) is 4.57. The van der Waals surface area contributed by atoms with Gasteiger partial charge in [-0.15, -0.1) is 0 Å². The lowest BCUT2D eigenvalue weighted by molar-refractivity contribution is -0.155. The molecule has 0 saturated carbocycles. The van der Waals surface area contributed by atoms with Crippen LogP contribution in [0.3, 0.4) is 0 Å².